The molecular formula is C5H4BrN3. The highest BCUT2D eigenvalue weighted by molar-refractivity contribution is 9.10. The fourth-order valence-corrected chi connectivity index (χ4v) is 0.592. The van der Waals surface area contributed by atoms with Crippen molar-refractivity contribution in [2.24, 2.45) is 4.99 Å². The van der Waals surface area contributed by atoms with E-state index in [1.54, 1.807) is 12.4 Å². The van der Waals surface area contributed by atoms with Crippen LogP contribution >= 0.6 is 15.9 Å². The zero-order chi connectivity index (χ0) is 6.69. The minimum Gasteiger partial charge on any atom is -0.228 e. The summed E-state index contributed by atoms with van der Waals surface area (Å²) in [5, 5.41) is 0. The third-order valence-electron chi connectivity index (χ3n) is 0.748. The largest absolute Gasteiger partial charge is 0.248 e. The Bertz CT molecular complexity index is 206. The maximum atomic E-state index is 3.81. The van der Waals surface area contributed by atoms with E-state index in [4.69, 9.17) is 0 Å². The molecule has 1 rings (SSSR count). The number of hydrogen-bond acceptors (Lipinski definition) is 3. The number of rotatable bonds is 1. The SMILES string of the molecule is C=Nc1ncc(Br)cn1. The zero-order valence-corrected chi connectivity index (χ0v) is 6.17. The van der Waals surface area contributed by atoms with Crippen LogP contribution < -0.4 is 0 Å². The second-order valence-corrected chi connectivity index (χ2v) is 2.28. The molecule has 0 aliphatic heterocycles. The smallest absolute Gasteiger partial charge is 0.228 e. The fourth-order valence-electron chi connectivity index (χ4n) is 0.387. The van der Waals surface area contributed by atoms with Gasteiger partial charge in [-0.3, -0.25) is 0 Å². The van der Waals surface area contributed by atoms with E-state index in [9.17, 15) is 0 Å². The summed E-state index contributed by atoms with van der Waals surface area (Å²) >= 11 is 3.19. The first-order valence-corrected chi connectivity index (χ1v) is 3.06. The van der Waals surface area contributed by atoms with Crippen molar-refractivity contribution in [3.8, 4) is 0 Å². The summed E-state index contributed by atoms with van der Waals surface area (Å²) in [4.78, 5) is 11.1. The molecule has 0 saturated carbocycles. The third kappa shape index (κ3) is 1.57. The van der Waals surface area contributed by atoms with Crippen molar-refractivity contribution in [1.29, 1.82) is 0 Å². The number of nitrogens with zero attached hydrogens (tertiary/aromatic N) is 3. The van der Waals surface area contributed by atoms with Gasteiger partial charge < -0.3 is 0 Å². The summed E-state index contributed by atoms with van der Waals surface area (Å²) in [6.07, 6.45) is 3.24. The van der Waals surface area contributed by atoms with Gasteiger partial charge in [0.15, 0.2) is 0 Å². The van der Waals surface area contributed by atoms with Crippen LogP contribution in [0, 0.1) is 0 Å². The molecule has 1 aromatic heterocycles. The Balaban J connectivity index is 3.01. The monoisotopic (exact) mass is 185 g/mol. The Morgan fingerprint density at radius 2 is 2.00 bits per heavy atom. The quantitative estimate of drug-likeness (QED) is 0.624. The molecule has 0 saturated heterocycles. The Kier molecular flexibility index (Phi) is 1.89. The summed E-state index contributed by atoms with van der Waals surface area (Å²) in [6, 6.07) is 0. The number of aromatic nitrogens is 2. The summed E-state index contributed by atoms with van der Waals surface area (Å²) in [7, 11) is 0. The maximum absolute atomic E-state index is 3.81. The van der Waals surface area contributed by atoms with Gasteiger partial charge in [-0.2, -0.15) is 0 Å². The zero-order valence-electron chi connectivity index (χ0n) is 4.58. The van der Waals surface area contributed by atoms with Gasteiger partial charge in [0.2, 0.25) is 5.95 Å². The van der Waals surface area contributed by atoms with Gasteiger partial charge in [-0.15, -0.1) is 0 Å². The van der Waals surface area contributed by atoms with Crippen LogP contribution in [0.25, 0.3) is 0 Å². The van der Waals surface area contributed by atoms with Crippen molar-refractivity contribution < 1.29 is 0 Å². The Morgan fingerprint density at radius 1 is 1.44 bits per heavy atom. The van der Waals surface area contributed by atoms with Crippen molar-refractivity contribution in [3.63, 3.8) is 0 Å². The van der Waals surface area contributed by atoms with Gasteiger partial charge in [-0.25, -0.2) is 15.0 Å². The standard InChI is InChI=1S/C5H4BrN3/c1-7-5-8-2-4(6)3-9-5/h2-3H,1H2. The second kappa shape index (κ2) is 2.68. The lowest BCUT2D eigenvalue weighted by Crippen LogP contribution is -1.77. The van der Waals surface area contributed by atoms with Crippen LogP contribution in [0.4, 0.5) is 5.95 Å². The number of aliphatic imine (C=N–C) groups is 1. The molecule has 0 aliphatic rings. The minimum atomic E-state index is 0.401. The highest BCUT2D eigenvalue weighted by Gasteiger charge is 1.87. The molecule has 1 aromatic rings. The first kappa shape index (κ1) is 6.35. The molecule has 46 valence electrons. The maximum Gasteiger partial charge on any atom is 0.248 e. The van der Waals surface area contributed by atoms with Crippen LogP contribution in [0.3, 0.4) is 0 Å². The van der Waals surface area contributed by atoms with E-state index in [1.807, 2.05) is 0 Å². The average Bonchev–Trinajstić information content (AvgIpc) is 1.90. The molecule has 0 unspecified atom stereocenters. The van der Waals surface area contributed by atoms with Crippen LogP contribution in [0.1, 0.15) is 0 Å². The van der Waals surface area contributed by atoms with Gasteiger partial charge in [0, 0.05) is 12.4 Å². The third-order valence-corrected chi connectivity index (χ3v) is 1.16. The van der Waals surface area contributed by atoms with E-state index in [-0.39, 0.29) is 0 Å². The van der Waals surface area contributed by atoms with E-state index in [1.165, 1.54) is 0 Å². The van der Waals surface area contributed by atoms with Crippen molar-refractivity contribution in [2.45, 2.75) is 0 Å². The summed E-state index contributed by atoms with van der Waals surface area (Å²) < 4.78 is 0.843. The first-order chi connectivity index (χ1) is 4.33. The summed E-state index contributed by atoms with van der Waals surface area (Å²) in [6.45, 7) is 3.27. The molecular weight excluding hydrogens is 182 g/mol. The molecule has 0 bridgehead atoms. The van der Waals surface area contributed by atoms with Crippen LogP contribution in [0.2, 0.25) is 0 Å². The lowest BCUT2D eigenvalue weighted by molar-refractivity contribution is 1.13. The second-order valence-electron chi connectivity index (χ2n) is 1.36. The summed E-state index contributed by atoms with van der Waals surface area (Å²) in [5.41, 5.74) is 0. The molecule has 0 radical (unpaired) electrons. The predicted octanol–water partition coefficient (Wildman–Crippen LogP) is 1.57. The summed E-state index contributed by atoms with van der Waals surface area (Å²) in [5.74, 6) is 0.401. The molecule has 0 N–H and O–H groups in total. The van der Waals surface area contributed by atoms with E-state index in [0.717, 1.165) is 4.47 Å². The average molecular weight is 186 g/mol. The molecule has 0 aliphatic carbocycles. The van der Waals surface area contributed by atoms with Crippen LogP contribution in [-0.2, 0) is 0 Å². The van der Waals surface area contributed by atoms with Gasteiger partial charge in [-0.1, -0.05) is 0 Å². The van der Waals surface area contributed by atoms with Gasteiger partial charge in [0.1, 0.15) is 0 Å². The van der Waals surface area contributed by atoms with E-state index >= 15 is 0 Å². The molecule has 9 heavy (non-hydrogen) atoms. The highest BCUT2D eigenvalue weighted by Crippen LogP contribution is 2.07. The van der Waals surface area contributed by atoms with E-state index < -0.39 is 0 Å². The molecule has 0 atom stereocenters. The van der Waals surface area contributed by atoms with Crippen LogP contribution in [0.15, 0.2) is 21.9 Å². The highest BCUT2D eigenvalue weighted by atomic mass is 79.9. The van der Waals surface area contributed by atoms with Gasteiger partial charge >= 0.3 is 0 Å². The molecule has 0 aromatic carbocycles. The van der Waals surface area contributed by atoms with Gasteiger partial charge in [-0.05, 0) is 22.6 Å². The van der Waals surface area contributed by atoms with Crippen LogP contribution in [0.5, 0.6) is 0 Å². The van der Waals surface area contributed by atoms with E-state index in [0.29, 0.717) is 5.95 Å². The normalized spacial score (nSPS) is 9.00. The van der Waals surface area contributed by atoms with Crippen molar-refractivity contribution in [3.05, 3.63) is 16.9 Å². The number of halogens is 1. The topological polar surface area (TPSA) is 38.1 Å². The van der Waals surface area contributed by atoms with E-state index in [2.05, 4.69) is 37.6 Å². The van der Waals surface area contributed by atoms with Crippen molar-refractivity contribution in [2.75, 3.05) is 0 Å². The van der Waals surface area contributed by atoms with Crippen LogP contribution in [-0.4, -0.2) is 16.7 Å². The van der Waals surface area contributed by atoms with Crippen molar-refractivity contribution >= 4 is 28.6 Å². The Hall–Kier alpha value is -0.770. The molecule has 4 heteroatoms. The predicted molar refractivity (Wildman–Crippen MR) is 38.9 cm³/mol. The van der Waals surface area contributed by atoms with Crippen molar-refractivity contribution in [1.82, 2.24) is 9.97 Å². The molecule has 3 nitrogen and oxygen atoms in total. The molecule has 0 spiro atoms. The van der Waals surface area contributed by atoms with Gasteiger partial charge in [0.05, 0.1) is 4.47 Å². The fraction of sp³-hybridized carbons (Fsp3) is 0. The first-order valence-electron chi connectivity index (χ1n) is 2.27. The lowest BCUT2D eigenvalue weighted by Gasteiger charge is -1.87. The Morgan fingerprint density at radius 3 is 2.44 bits per heavy atom. The van der Waals surface area contributed by atoms with Gasteiger partial charge in [0.25, 0.3) is 0 Å². The molecule has 1 heterocycles. The number of hydrogen-bond donors (Lipinski definition) is 0. The lowest BCUT2D eigenvalue weighted by atomic mass is 10.7. The Labute approximate surface area is 61.0 Å². The molecule has 0 amide bonds. The minimum absolute atomic E-state index is 0.401. The molecule has 0 fully saturated rings.